The van der Waals surface area contributed by atoms with Crippen LogP contribution in [0.5, 0.6) is 0 Å². The first-order valence-corrected chi connectivity index (χ1v) is 6.13. The van der Waals surface area contributed by atoms with Gasteiger partial charge in [0.2, 0.25) is 0 Å². The predicted molar refractivity (Wildman–Crippen MR) is 72.1 cm³/mol. The zero-order valence-electron chi connectivity index (χ0n) is 11.2. The van der Waals surface area contributed by atoms with E-state index in [4.69, 9.17) is 5.73 Å². The van der Waals surface area contributed by atoms with Crippen molar-refractivity contribution in [3.63, 3.8) is 0 Å². The third-order valence-corrected chi connectivity index (χ3v) is 3.16. The molecule has 0 radical (unpaired) electrons. The van der Waals surface area contributed by atoms with E-state index in [1.54, 1.807) is 6.07 Å². The molecule has 0 saturated heterocycles. The zero-order chi connectivity index (χ0) is 13.0. The molecule has 1 aromatic carbocycles. The van der Waals surface area contributed by atoms with Gasteiger partial charge in [-0.15, -0.1) is 0 Å². The van der Waals surface area contributed by atoms with Crippen LogP contribution in [0.3, 0.4) is 0 Å². The van der Waals surface area contributed by atoms with Crippen LogP contribution < -0.4 is 5.73 Å². The van der Waals surface area contributed by atoms with Crippen LogP contribution in [0, 0.1) is 6.92 Å². The molecule has 0 aliphatic heterocycles. The summed E-state index contributed by atoms with van der Waals surface area (Å²) in [4.78, 5) is 14.1. The fourth-order valence-corrected chi connectivity index (χ4v) is 2.14. The van der Waals surface area contributed by atoms with Gasteiger partial charge in [0.1, 0.15) is 0 Å². The molecule has 3 heteroatoms. The number of nitrogen functional groups attached to an aromatic ring is 1. The lowest BCUT2D eigenvalue weighted by Gasteiger charge is -2.26. The number of carbonyl (C=O) groups excluding carboxylic acids is 1. The van der Waals surface area contributed by atoms with Crippen LogP contribution in [0.15, 0.2) is 18.2 Å². The number of hydrogen-bond acceptors (Lipinski definition) is 2. The predicted octanol–water partition coefficient (Wildman–Crippen LogP) is 2.84. The Morgan fingerprint density at radius 3 is 2.35 bits per heavy atom. The zero-order valence-corrected chi connectivity index (χ0v) is 11.2. The lowest BCUT2D eigenvalue weighted by atomic mass is 10.1. The van der Waals surface area contributed by atoms with Crippen LogP contribution >= 0.6 is 0 Å². The van der Waals surface area contributed by atoms with E-state index in [0.29, 0.717) is 17.3 Å². The number of aryl methyl sites for hydroxylation is 1. The van der Waals surface area contributed by atoms with Crippen molar-refractivity contribution in [2.75, 3.05) is 12.8 Å². The Hall–Kier alpha value is -1.51. The van der Waals surface area contributed by atoms with Gasteiger partial charge in [-0.2, -0.15) is 0 Å². The molecule has 94 valence electrons. The van der Waals surface area contributed by atoms with Gasteiger partial charge in [-0.25, -0.2) is 0 Å². The van der Waals surface area contributed by atoms with E-state index in [2.05, 4.69) is 13.8 Å². The summed E-state index contributed by atoms with van der Waals surface area (Å²) in [6.45, 7) is 6.15. The fourth-order valence-electron chi connectivity index (χ4n) is 2.14. The van der Waals surface area contributed by atoms with Crippen LogP contribution in [-0.4, -0.2) is 23.9 Å². The van der Waals surface area contributed by atoms with E-state index in [9.17, 15) is 4.79 Å². The number of carbonyl (C=O) groups is 1. The molecule has 0 aliphatic rings. The Morgan fingerprint density at radius 1 is 1.29 bits per heavy atom. The first-order valence-electron chi connectivity index (χ1n) is 6.13. The van der Waals surface area contributed by atoms with E-state index >= 15 is 0 Å². The molecule has 1 amide bonds. The van der Waals surface area contributed by atoms with Crippen molar-refractivity contribution in [1.82, 2.24) is 4.90 Å². The molecule has 3 nitrogen and oxygen atoms in total. The summed E-state index contributed by atoms with van der Waals surface area (Å²) < 4.78 is 0. The summed E-state index contributed by atoms with van der Waals surface area (Å²) in [5, 5.41) is 0. The molecule has 0 unspecified atom stereocenters. The maximum Gasteiger partial charge on any atom is 0.253 e. The smallest absolute Gasteiger partial charge is 0.253 e. The Kier molecular flexibility index (Phi) is 4.55. The molecule has 0 heterocycles. The highest BCUT2D eigenvalue weighted by molar-refractivity contribution is 5.95. The SMILES string of the molecule is CCC(CC)N(C)C(=O)c1cc(C)cc(N)c1. The summed E-state index contributed by atoms with van der Waals surface area (Å²) in [7, 11) is 1.86. The van der Waals surface area contributed by atoms with Crippen LogP contribution in [-0.2, 0) is 0 Å². The maximum absolute atomic E-state index is 12.3. The summed E-state index contributed by atoms with van der Waals surface area (Å²) >= 11 is 0. The van der Waals surface area contributed by atoms with Gasteiger partial charge >= 0.3 is 0 Å². The van der Waals surface area contributed by atoms with Crippen molar-refractivity contribution in [3.8, 4) is 0 Å². The van der Waals surface area contributed by atoms with Gasteiger partial charge in [0.25, 0.3) is 5.91 Å². The number of anilines is 1. The Labute approximate surface area is 104 Å². The summed E-state index contributed by atoms with van der Waals surface area (Å²) in [5.74, 6) is 0.0501. The number of nitrogens with zero attached hydrogens (tertiary/aromatic N) is 1. The molecule has 1 aromatic rings. The van der Waals surface area contributed by atoms with Crippen LogP contribution in [0.25, 0.3) is 0 Å². The summed E-state index contributed by atoms with van der Waals surface area (Å²) in [6, 6.07) is 5.80. The summed E-state index contributed by atoms with van der Waals surface area (Å²) in [5.41, 5.74) is 8.11. The highest BCUT2D eigenvalue weighted by Crippen LogP contribution is 2.16. The molecule has 1 rings (SSSR count). The third-order valence-electron chi connectivity index (χ3n) is 3.16. The standard InChI is InChI=1S/C14H22N2O/c1-5-13(6-2)16(4)14(17)11-7-10(3)8-12(15)9-11/h7-9,13H,5-6,15H2,1-4H3. The molecular weight excluding hydrogens is 212 g/mol. The second kappa shape index (κ2) is 5.71. The lowest BCUT2D eigenvalue weighted by Crippen LogP contribution is -2.36. The van der Waals surface area contributed by atoms with Gasteiger partial charge in [-0.05, 0) is 43.5 Å². The Balaban J connectivity index is 2.95. The average Bonchev–Trinajstić information content (AvgIpc) is 2.28. The normalized spacial score (nSPS) is 10.6. The molecule has 0 bridgehead atoms. The number of amides is 1. The quantitative estimate of drug-likeness (QED) is 0.814. The number of rotatable bonds is 4. The van der Waals surface area contributed by atoms with Crippen molar-refractivity contribution < 1.29 is 4.79 Å². The first-order chi connectivity index (χ1) is 7.99. The Bertz CT molecular complexity index is 377. The second-order valence-electron chi connectivity index (χ2n) is 4.52. The molecule has 0 aliphatic carbocycles. The third kappa shape index (κ3) is 3.22. The minimum absolute atomic E-state index is 0.0501. The van der Waals surface area contributed by atoms with Crippen LogP contribution in [0.2, 0.25) is 0 Å². The van der Waals surface area contributed by atoms with E-state index in [-0.39, 0.29) is 5.91 Å². The van der Waals surface area contributed by atoms with Gasteiger partial charge in [0.15, 0.2) is 0 Å². The van der Waals surface area contributed by atoms with E-state index < -0.39 is 0 Å². The van der Waals surface area contributed by atoms with Gasteiger partial charge in [-0.1, -0.05) is 13.8 Å². The number of hydrogen-bond donors (Lipinski definition) is 1. The van der Waals surface area contributed by atoms with Gasteiger partial charge in [0, 0.05) is 24.3 Å². The molecule has 0 saturated carbocycles. The minimum atomic E-state index is 0.0501. The van der Waals surface area contributed by atoms with Gasteiger partial charge < -0.3 is 10.6 Å². The molecule has 0 spiro atoms. The number of nitrogens with two attached hydrogens (primary N) is 1. The minimum Gasteiger partial charge on any atom is -0.399 e. The molecule has 0 atom stereocenters. The average molecular weight is 234 g/mol. The summed E-state index contributed by atoms with van der Waals surface area (Å²) in [6.07, 6.45) is 1.94. The van der Waals surface area contributed by atoms with Crippen LogP contribution in [0.1, 0.15) is 42.6 Å². The van der Waals surface area contributed by atoms with Crippen molar-refractivity contribution in [2.45, 2.75) is 39.7 Å². The monoisotopic (exact) mass is 234 g/mol. The van der Waals surface area contributed by atoms with Gasteiger partial charge in [0.05, 0.1) is 0 Å². The second-order valence-corrected chi connectivity index (χ2v) is 4.52. The highest BCUT2D eigenvalue weighted by Gasteiger charge is 2.18. The van der Waals surface area contributed by atoms with Gasteiger partial charge in [-0.3, -0.25) is 4.79 Å². The van der Waals surface area contributed by atoms with Crippen LogP contribution in [0.4, 0.5) is 5.69 Å². The topological polar surface area (TPSA) is 46.3 Å². The highest BCUT2D eigenvalue weighted by atomic mass is 16.2. The first kappa shape index (κ1) is 13.6. The van der Waals surface area contributed by atoms with Crippen molar-refractivity contribution in [1.29, 1.82) is 0 Å². The van der Waals surface area contributed by atoms with Crippen molar-refractivity contribution in [3.05, 3.63) is 29.3 Å². The largest absolute Gasteiger partial charge is 0.399 e. The fraction of sp³-hybridized carbons (Fsp3) is 0.500. The van der Waals surface area contributed by atoms with Crippen molar-refractivity contribution in [2.24, 2.45) is 0 Å². The van der Waals surface area contributed by atoms with Crippen molar-refractivity contribution >= 4 is 11.6 Å². The van der Waals surface area contributed by atoms with E-state index in [1.807, 2.05) is 31.0 Å². The lowest BCUT2D eigenvalue weighted by molar-refractivity contribution is 0.0723. The molecule has 0 aromatic heterocycles. The van der Waals surface area contributed by atoms with E-state index in [0.717, 1.165) is 18.4 Å². The molecule has 2 N–H and O–H groups in total. The maximum atomic E-state index is 12.3. The number of benzene rings is 1. The molecule has 0 fully saturated rings. The van der Waals surface area contributed by atoms with E-state index in [1.165, 1.54) is 0 Å². The molecule has 17 heavy (non-hydrogen) atoms. The molecular formula is C14H22N2O. The Morgan fingerprint density at radius 2 is 1.88 bits per heavy atom.